The topological polar surface area (TPSA) is 58.2 Å². The van der Waals surface area contributed by atoms with Gasteiger partial charge in [-0.3, -0.25) is 4.72 Å². The minimum absolute atomic E-state index is 0.0494. The molecular formula is C15H16F2N2O2S. The molecule has 0 aliphatic carbocycles. The Morgan fingerprint density at radius 2 is 1.64 bits per heavy atom. The number of sulfonamides is 1. The Bertz CT molecular complexity index is 747. The molecule has 0 spiro atoms. The number of halogens is 2. The zero-order valence-electron chi connectivity index (χ0n) is 11.9. The van der Waals surface area contributed by atoms with Crippen LogP contribution in [0.1, 0.15) is 13.3 Å². The molecule has 2 rings (SSSR count). The van der Waals surface area contributed by atoms with Gasteiger partial charge in [0.15, 0.2) is 0 Å². The first-order valence-electron chi connectivity index (χ1n) is 6.72. The lowest BCUT2D eigenvalue weighted by molar-refractivity contribution is 0.586. The SMILES string of the molecule is CCCS(=O)(=O)Nc1ccc(Nc2ccc(F)cc2F)cc1. The maximum atomic E-state index is 13.5. The molecule has 0 bridgehead atoms. The van der Waals surface area contributed by atoms with Crippen molar-refractivity contribution in [1.82, 2.24) is 0 Å². The summed E-state index contributed by atoms with van der Waals surface area (Å²) in [5, 5.41) is 2.80. The molecule has 22 heavy (non-hydrogen) atoms. The van der Waals surface area contributed by atoms with Gasteiger partial charge in [-0.1, -0.05) is 6.92 Å². The Morgan fingerprint density at radius 3 is 2.23 bits per heavy atom. The maximum Gasteiger partial charge on any atom is 0.232 e. The van der Waals surface area contributed by atoms with Crippen molar-refractivity contribution in [3.8, 4) is 0 Å². The molecule has 0 saturated carbocycles. The summed E-state index contributed by atoms with van der Waals surface area (Å²) in [5.74, 6) is -1.30. The van der Waals surface area contributed by atoms with E-state index in [9.17, 15) is 17.2 Å². The van der Waals surface area contributed by atoms with Crippen molar-refractivity contribution in [2.45, 2.75) is 13.3 Å². The van der Waals surface area contributed by atoms with Crippen LogP contribution in [0.4, 0.5) is 25.8 Å². The maximum absolute atomic E-state index is 13.5. The van der Waals surface area contributed by atoms with Crippen molar-refractivity contribution < 1.29 is 17.2 Å². The van der Waals surface area contributed by atoms with Crippen molar-refractivity contribution in [2.75, 3.05) is 15.8 Å². The van der Waals surface area contributed by atoms with Gasteiger partial charge in [0, 0.05) is 17.4 Å². The molecule has 0 heterocycles. The van der Waals surface area contributed by atoms with E-state index >= 15 is 0 Å². The molecule has 0 aliphatic rings. The lowest BCUT2D eigenvalue weighted by Gasteiger charge is -2.10. The number of anilines is 3. The van der Waals surface area contributed by atoms with E-state index in [4.69, 9.17) is 0 Å². The third kappa shape index (κ3) is 4.42. The van der Waals surface area contributed by atoms with Gasteiger partial charge in [0.1, 0.15) is 11.6 Å². The highest BCUT2D eigenvalue weighted by Crippen LogP contribution is 2.22. The summed E-state index contributed by atoms with van der Waals surface area (Å²) in [6.45, 7) is 1.78. The van der Waals surface area contributed by atoms with Gasteiger partial charge in [0.2, 0.25) is 10.0 Å². The van der Waals surface area contributed by atoms with Crippen LogP contribution in [0.15, 0.2) is 42.5 Å². The minimum atomic E-state index is -3.34. The standard InChI is InChI=1S/C15H16F2N2O2S/c1-2-9-22(20,21)19-13-6-4-12(5-7-13)18-15-8-3-11(16)10-14(15)17/h3-8,10,18-19H,2,9H2,1H3. The summed E-state index contributed by atoms with van der Waals surface area (Å²) in [5.41, 5.74) is 1.13. The van der Waals surface area contributed by atoms with Gasteiger partial charge < -0.3 is 5.32 Å². The zero-order valence-corrected chi connectivity index (χ0v) is 12.8. The molecule has 2 aromatic rings. The molecule has 0 aromatic heterocycles. The van der Waals surface area contributed by atoms with Gasteiger partial charge in [0.05, 0.1) is 11.4 Å². The lowest BCUT2D eigenvalue weighted by atomic mass is 10.2. The van der Waals surface area contributed by atoms with Crippen LogP contribution in [0, 0.1) is 11.6 Å². The molecule has 2 N–H and O–H groups in total. The van der Waals surface area contributed by atoms with Gasteiger partial charge in [-0.25, -0.2) is 17.2 Å². The van der Waals surface area contributed by atoms with E-state index in [1.807, 2.05) is 0 Å². The lowest BCUT2D eigenvalue weighted by Crippen LogP contribution is -2.15. The Morgan fingerprint density at radius 1 is 1.00 bits per heavy atom. The van der Waals surface area contributed by atoms with Gasteiger partial charge in [-0.2, -0.15) is 0 Å². The van der Waals surface area contributed by atoms with E-state index in [-0.39, 0.29) is 11.4 Å². The Hall–Kier alpha value is -2.15. The second-order valence-electron chi connectivity index (χ2n) is 4.75. The van der Waals surface area contributed by atoms with Crippen molar-refractivity contribution in [1.29, 1.82) is 0 Å². The van der Waals surface area contributed by atoms with Crippen LogP contribution < -0.4 is 10.0 Å². The van der Waals surface area contributed by atoms with E-state index in [1.165, 1.54) is 6.07 Å². The minimum Gasteiger partial charge on any atom is -0.353 e. The third-order valence-corrected chi connectivity index (χ3v) is 4.33. The van der Waals surface area contributed by atoms with E-state index in [2.05, 4.69) is 10.0 Å². The smallest absolute Gasteiger partial charge is 0.232 e. The highest BCUT2D eigenvalue weighted by molar-refractivity contribution is 7.92. The fraction of sp³-hybridized carbons (Fsp3) is 0.200. The molecule has 0 amide bonds. The van der Waals surface area contributed by atoms with Crippen molar-refractivity contribution in [3.63, 3.8) is 0 Å². The van der Waals surface area contributed by atoms with E-state index in [1.54, 1.807) is 31.2 Å². The van der Waals surface area contributed by atoms with Crippen LogP contribution in [0.5, 0.6) is 0 Å². The van der Waals surface area contributed by atoms with Crippen LogP contribution in [0.3, 0.4) is 0 Å². The Labute approximate surface area is 128 Å². The first-order valence-corrected chi connectivity index (χ1v) is 8.37. The van der Waals surface area contributed by atoms with E-state index < -0.39 is 21.7 Å². The third-order valence-electron chi connectivity index (χ3n) is 2.84. The number of hydrogen-bond donors (Lipinski definition) is 2. The molecule has 118 valence electrons. The summed E-state index contributed by atoms with van der Waals surface area (Å²) in [6, 6.07) is 9.57. The molecule has 0 atom stereocenters. The number of benzene rings is 2. The van der Waals surface area contributed by atoms with Gasteiger partial charge in [0.25, 0.3) is 0 Å². The molecule has 0 radical (unpaired) electrons. The fourth-order valence-electron chi connectivity index (χ4n) is 1.87. The molecular weight excluding hydrogens is 310 g/mol. The number of hydrogen-bond acceptors (Lipinski definition) is 3. The zero-order chi connectivity index (χ0) is 16.2. The summed E-state index contributed by atoms with van der Waals surface area (Å²) in [4.78, 5) is 0. The molecule has 0 unspecified atom stereocenters. The molecule has 0 fully saturated rings. The molecule has 0 aliphatic heterocycles. The van der Waals surface area contributed by atoms with Gasteiger partial charge in [-0.15, -0.1) is 0 Å². The monoisotopic (exact) mass is 326 g/mol. The molecule has 7 heteroatoms. The fourth-order valence-corrected chi connectivity index (χ4v) is 3.00. The number of nitrogens with one attached hydrogen (secondary N) is 2. The van der Waals surface area contributed by atoms with Gasteiger partial charge in [-0.05, 0) is 42.8 Å². The van der Waals surface area contributed by atoms with Crippen molar-refractivity contribution >= 4 is 27.1 Å². The first kappa shape index (κ1) is 16.2. The normalized spacial score (nSPS) is 11.2. The average Bonchev–Trinajstić information content (AvgIpc) is 2.43. The first-order chi connectivity index (χ1) is 10.4. The van der Waals surface area contributed by atoms with Crippen LogP contribution >= 0.6 is 0 Å². The molecule has 4 nitrogen and oxygen atoms in total. The average molecular weight is 326 g/mol. The second kappa shape index (κ2) is 6.74. The molecule has 2 aromatic carbocycles. The van der Waals surface area contributed by atoms with Crippen LogP contribution in [0.25, 0.3) is 0 Å². The van der Waals surface area contributed by atoms with E-state index in [0.717, 1.165) is 12.1 Å². The summed E-state index contributed by atoms with van der Waals surface area (Å²) < 4.78 is 52.1. The number of rotatable bonds is 6. The Kier molecular flexibility index (Phi) is 4.97. The van der Waals surface area contributed by atoms with E-state index in [0.29, 0.717) is 17.8 Å². The summed E-state index contributed by atoms with van der Waals surface area (Å²) in [6.07, 6.45) is 0.527. The van der Waals surface area contributed by atoms with Crippen LogP contribution in [-0.2, 0) is 10.0 Å². The quantitative estimate of drug-likeness (QED) is 0.847. The predicted molar refractivity (Wildman–Crippen MR) is 83.8 cm³/mol. The van der Waals surface area contributed by atoms with Crippen LogP contribution in [0.2, 0.25) is 0 Å². The predicted octanol–water partition coefficient (Wildman–Crippen LogP) is 3.86. The summed E-state index contributed by atoms with van der Waals surface area (Å²) >= 11 is 0. The Balaban J connectivity index is 2.09. The highest BCUT2D eigenvalue weighted by Gasteiger charge is 2.09. The second-order valence-corrected chi connectivity index (χ2v) is 6.59. The van der Waals surface area contributed by atoms with Crippen molar-refractivity contribution in [3.05, 3.63) is 54.1 Å². The summed E-state index contributed by atoms with van der Waals surface area (Å²) in [7, 11) is -3.34. The van der Waals surface area contributed by atoms with Gasteiger partial charge >= 0.3 is 0 Å². The highest BCUT2D eigenvalue weighted by atomic mass is 32.2. The van der Waals surface area contributed by atoms with Crippen molar-refractivity contribution in [2.24, 2.45) is 0 Å². The largest absolute Gasteiger partial charge is 0.353 e. The van der Waals surface area contributed by atoms with Crippen LogP contribution in [-0.4, -0.2) is 14.2 Å². The molecule has 0 saturated heterocycles.